The maximum absolute atomic E-state index is 11.8. The Balaban J connectivity index is 1.90. The molecular weight excluding hydrogens is 254 g/mol. The summed E-state index contributed by atoms with van der Waals surface area (Å²) in [5.41, 5.74) is 1.14. The van der Waals surface area contributed by atoms with E-state index in [2.05, 4.69) is 4.99 Å². The average Bonchev–Trinajstić information content (AvgIpc) is 3.02. The molecule has 20 heavy (non-hydrogen) atoms. The van der Waals surface area contributed by atoms with E-state index in [1.807, 2.05) is 24.3 Å². The van der Waals surface area contributed by atoms with E-state index in [0.717, 1.165) is 43.2 Å². The number of carboxylic acids is 1. The largest absolute Gasteiger partial charge is 0.481 e. The first-order chi connectivity index (χ1) is 9.72. The number of hydrogen-bond donors (Lipinski definition) is 1. The van der Waals surface area contributed by atoms with E-state index in [4.69, 9.17) is 4.74 Å². The van der Waals surface area contributed by atoms with Crippen molar-refractivity contribution in [3.8, 4) is 0 Å². The Hall–Kier alpha value is -1.84. The molecule has 1 aliphatic heterocycles. The number of ether oxygens (including phenoxy) is 1. The van der Waals surface area contributed by atoms with Crippen LogP contribution in [0.15, 0.2) is 29.3 Å². The molecule has 1 saturated carbocycles. The molecule has 1 heterocycles. The number of rotatable bonds is 3. The van der Waals surface area contributed by atoms with Crippen molar-refractivity contribution in [2.24, 2.45) is 4.99 Å². The second kappa shape index (κ2) is 5.27. The van der Waals surface area contributed by atoms with Crippen LogP contribution in [0.4, 0.5) is 0 Å². The highest BCUT2D eigenvalue weighted by Crippen LogP contribution is 2.39. The number of carbonyl (C=O) groups is 1. The molecule has 1 fully saturated rings. The standard InChI is InChI=1S/C16H19NO3/c18-15(19)16(8-2-1-3-9-16)13-6-4-12(5-7-13)14-17-10-11-20-14/h4-7H,1-3,8-11H2,(H,18,19). The number of nitrogens with zero attached hydrogens (tertiary/aromatic N) is 1. The third kappa shape index (κ3) is 2.19. The van der Waals surface area contributed by atoms with Gasteiger partial charge in [-0.15, -0.1) is 0 Å². The van der Waals surface area contributed by atoms with Gasteiger partial charge in [-0.1, -0.05) is 31.4 Å². The zero-order chi connectivity index (χ0) is 14.0. The highest BCUT2D eigenvalue weighted by molar-refractivity contribution is 5.95. The van der Waals surface area contributed by atoms with Crippen molar-refractivity contribution in [1.29, 1.82) is 0 Å². The van der Waals surface area contributed by atoms with Crippen LogP contribution in [-0.4, -0.2) is 30.1 Å². The number of hydrogen-bond acceptors (Lipinski definition) is 3. The molecule has 0 amide bonds. The molecular formula is C16H19NO3. The predicted octanol–water partition coefficient (Wildman–Crippen LogP) is 2.75. The molecule has 1 N–H and O–H groups in total. The van der Waals surface area contributed by atoms with E-state index in [-0.39, 0.29) is 0 Å². The monoisotopic (exact) mass is 273 g/mol. The average molecular weight is 273 g/mol. The van der Waals surface area contributed by atoms with Crippen LogP contribution in [-0.2, 0) is 14.9 Å². The van der Waals surface area contributed by atoms with Crippen LogP contribution in [0.2, 0.25) is 0 Å². The fourth-order valence-corrected chi connectivity index (χ4v) is 3.22. The molecule has 0 aromatic heterocycles. The molecule has 0 radical (unpaired) electrons. The molecule has 1 aliphatic carbocycles. The third-order valence-corrected chi connectivity index (χ3v) is 4.39. The van der Waals surface area contributed by atoms with Gasteiger partial charge in [-0.05, 0) is 30.5 Å². The topological polar surface area (TPSA) is 58.9 Å². The molecule has 4 heteroatoms. The van der Waals surface area contributed by atoms with Crippen molar-refractivity contribution in [3.63, 3.8) is 0 Å². The van der Waals surface area contributed by atoms with Gasteiger partial charge in [0.15, 0.2) is 0 Å². The Morgan fingerprint density at radius 2 is 1.85 bits per heavy atom. The summed E-state index contributed by atoms with van der Waals surface area (Å²) < 4.78 is 5.43. The Labute approximate surface area is 118 Å². The zero-order valence-corrected chi connectivity index (χ0v) is 11.5. The molecule has 1 aromatic carbocycles. The van der Waals surface area contributed by atoms with Gasteiger partial charge in [-0.25, -0.2) is 4.99 Å². The quantitative estimate of drug-likeness (QED) is 0.921. The first-order valence-electron chi connectivity index (χ1n) is 7.24. The maximum atomic E-state index is 11.8. The highest BCUT2D eigenvalue weighted by atomic mass is 16.5. The van der Waals surface area contributed by atoms with E-state index in [9.17, 15) is 9.90 Å². The van der Waals surface area contributed by atoms with E-state index in [1.54, 1.807) is 0 Å². The minimum atomic E-state index is -0.699. The zero-order valence-electron chi connectivity index (χ0n) is 11.5. The third-order valence-electron chi connectivity index (χ3n) is 4.39. The first-order valence-corrected chi connectivity index (χ1v) is 7.24. The second-order valence-electron chi connectivity index (χ2n) is 5.56. The lowest BCUT2D eigenvalue weighted by molar-refractivity contribution is -0.145. The van der Waals surface area contributed by atoms with E-state index >= 15 is 0 Å². The SMILES string of the molecule is O=C(O)C1(c2ccc(C3=NCCO3)cc2)CCCCC1. The Morgan fingerprint density at radius 3 is 2.40 bits per heavy atom. The summed E-state index contributed by atoms with van der Waals surface area (Å²) in [4.78, 5) is 16.0. The molecule has 2 aliphatic rings. The summed E-state index contributed by atoms with van der Waals surface area (Å²) in [7, 11) is 0. The highest BCUT2D eigenvalue weighted by Gasteiger charge is 2.41. The lowest BCUT2D eigenvalue weighted by Gasteiger charge is -2.33. The number of benzene rings is 1. The minimum absolute atomic E-state index is 0.635. The van der Waals surface area contributed by atoms with E-state index < -0.39 is 11.4 Å². The minimum Gasteiger partial charge on any atom is -0.481 e. The van der Waals surface area contributed by atoms with Gasteiger partial charge in [0, 0.05) is 5.56 Å². The van der Waals surface area contributed by atoms with Gasteiger partial charge >= 0.3 is 5.97 Å². The molecule has 0 unspecified atom stereocenters. The van der Waals surface area contributed by atoms with Crippen LogP contribution < -0.4 is 0 Å². The van der Waals surface area contributed by atoms with Crippen LogP contribution >= 0.6 is 0 Å². The van der Waals surface area contributed by atoms with Crippen LogP contribution in [0, 0.1) is 0 Å². The van der Waals surface area contributed by atoms with Crippen molar-refractivity contribution in [2.45, 2.75) is 37.5 Å². The summed E-state index contributed by atoms with van der Waals surface area (Å²) >= 11 is 0. The van der Waals surface area contributed by atoms with Crippen molar-refractivity contribution < 1.29 is 14.6 Å². The Kier molecular flexibility index (Phi) is 3.47. The Morgan fingerprint density at radius 1 is 1.15 bits per heavy atom. The fourth-order valence-electron chi connectivity index (χ4n) is 3.22. The van der Waals surface area contributed by atoms with Crippen molar-refractivity contribution >= 4 is 11.9 Å². The number of carboxylic acid groups (broad SMARTS) is 1. The second-order valence-corrected chi connectivity index (χ2v) is 5.56. The maximum Gasteiger partial charge on any atom is 0.314 e. The van der Waals surface area contributed by atoms with E-state index in [0.29, 0.717) is 19.0 Å². The summed E-state index contributed by atoms with van der Waals surface area (Å²) in [5, 5.41) is 9.67. The van der Waals surface area contributed by atoms with Crippen LogP contribution in [0.1, 0.15) is 43.2 Å². The van der Waals surface area contributed by atoms with Gasteiger partial charge in [0.2, 0.25) is 5.90 Å². The summed E-state index contributed by atoms with van der Waals surface area (Å²) in [6.45, 7) is 1.34. The van der Waals surface area contributed by atoms with Crippen molar-refractivity contribution in [3.05, 3.63) is 35.4 Å². The van der Waals surface area contributed by atoms with Gasteiger partial charge in [-0.3, -0.25) is 4.79 Å². The number of aliphatic imine (C=N–C) groups is 1. The predicted molar refractivity (Wildman–Crippen MR) is 76.2 cm³/mol. The lowest BCUT2D eigenvalue weighted by Crippen LogP contribution is -2.37. The number of aliphatic carboxylic acids is 1. The Bertz CT molecular complexity index is 527. The van der Waals surface area contributed by atoms with Gasteiger partial charge in [0.05, 0.1) is 12.0 Å². The van der Waals surface area contributed by atoms with Gasteiger partial charge in [-0.2, -0.15) is 0 Å². The van der Waals surface area contributed by atoms with E-state index in [1.165, 1.54) is 0 Å². The summed E-state index contributed by atoms with van der Waals surface area (Å²) in [6.07, 6.45) is 4.59. The van der Waals surface area contributed by atoms with Crippen molar-refractivity contribution in [2.75, 3.05) is 13.2 Å². The first kappa shape index (κ1) is 13.2. The van der Waals surface area contributed by atoms with Crippen LogP contribution in [0.5, 0.6) is 0 Å². The van der Waals surface area contributed by atoms with Crippen molar-refractivity contribution in [1.82, 2.24) is 0 Å². The summed E-state index contributed by atoms with van der Waals surface area (Å²) in [5.74, 6) is -0.0241. The molecule has 0 atom stereocenters. The smallest absolute Gasteiger partial charge is 0.314 e. The van der Waals surface area contributed by atoms with Gasteiger partial charge in [0.1, 0.15) is 6.61 Å². The molecule has 0 bridgehead atoms. The normalized spacial score (nSPS) is 21.1. The van der Waals surface area contributed by atoms with Gasteiger partial charge < -0.3 is 9.84 Å². The van der Waals surface area contributed by atoms with Gasteiger partial charge in [0.25, 0.3) is 0 Å². The molecule has 106 valence electrons. The summed E-state index contributed by atoms with van der Waals surface area (Å²) in [6, 6.07) is 7.72. The molecule has 0 spiro atoms. The van der Waals surface area contributed by atoms with Crippen LogP contribution in [0.3, 0.4) is 0 Å². The molecule has 1 aromatic rings. The lowest BCUT2D eigenvalue weighted by atomic mass is 9.69. The molecule has 4 nitrogen and oxygen atoms in total. The van der Waals surface area contributed by atoms with Crippen LogP contribution in [0.25, 0.3) is 0 Å². The fraction of sp³-hybridized carbons (Fsp3) is 0.500. The molecule has 0 saturated heterocycles. The molecule has 3 rings (SSSR count).